The van der Waals surface area contributed by atoms with E-state index in [1.165, 1.54) is 6.07 Å². The van der Waals surface area contributed by atoms with Crippen molar-refractivity contribution in [2.24, 2.45) is 0 Å². The van der Waals surface area contributed by atoms with E-state index < -0.39 is 10.0 Å². The molecule has 0 bridgehead atoms. The molecule has 8 heteroatoms. The maximum absolute atomic E-state index is 13.1. The number of hydrogen-bond acceptors (Lipinski definition) is 5. The van der Waals surface area contributed by atoms with Crippen molar-refractivity contribution in [2.75, 3.05) is 35.1 Å². The normalized spacial score (nSPS) is 13.5. The zero-order valence-electron chi connectivity index (χ0n) is 19.4. The number of carbonyl (C=O) groups excluding carboxylic acids is 1. The van der Waals surface area contributed by atoms with Gasteiger partial charge in [-0.25, -0.2) is 8.42 Å². The minimum Gasteiger partial charge on any atom is -0.497 e. The fourth-order valence-electron chi connectivity index (χ4n) is 4.07. The molecule has 1 aliphatic rings. The molecule has 0 aromatic heterocycles. The summed E-state index contributed by atoms with van der Waals surface area (Å²) in [6.07, 6.45) is 2.35. The Labute approximate surface area is 200 Å². The molecule has 7 nitrogen and oxygen atoms in total. The number of hydrogen-bond donors (Lipinski definition) is 2. The highest BCUT2D eigenvalue weighted by Crippen LogP contribution is 2.32. The van der Waals surface area contributed by atoms with Gasteiger partial charge in [0, 0.05) is 18.8 Å². The van der Waals surface area contributed by atoms with Crippen molar-refractivity contribution in [3.8, 4) is 5.75 Å². The molecule has 1 amide bonds. The van der Waals surface area contributed by atoms with Crippen molar-refractivity contribution in [3.05, 3.63) is 77.9 Å². The number of ether oxygens (including phenoxy) is 1. The van der Waals surface area contributed by atoms with Gasteiger partial charge in [0.2, 0.25) is 5.91 Å². The highest BCUT2D eigenvalue weighted by molar-refractivity contribution is 7.92. The van der Waals surface area contributed by atoms with Crippen molar-refractivity contribution >= 4 is 33.0 Å². The van der Waals surface area contributed by atoms with Crippen molar-refractivity contribution < 1.29 is 17.9 Å². The van der Waals surface area contributed by atoms with Crippen molar-refractivity contribution in [3.63, 3.8) is 0 Å². The van der Waals surface area contributed by atoms with E-state index in [4.69, 9.17) is 4.74 Å². The topological polar surface area (TPSA) is 87.7 Å². The first kappa shape index (κ1) is 23.6. The van der Waals surface area contributed by atoms with Gasteiger partial charge in [-0.05, 0) is 73.4 Å². The van der Waals surface area contributed by atoms with Gasteiger partial charge in [-0.15, -0.1) is 0 Å². The summed E-state index contributed by atoms with van der Waals surface area (Å²) in [6, 6.07) is 19.3. The van der Waals surface area contributed by atoms with E-state index in [0.29, 0.717) is 17.1 Å². The number of nitrogens with one attached hydrogen (secondary N) is 2. The zero-order chi connectivity index (χ0) is 24.1. The van der Waals surface area contributed by atoms with Crippen LogP contribution in [0.15, 0.2) is 71.6 Å². The van der Waals surface area contributed by atoms with E-state index in [1.54, 1.807) is 43.5 Å². The first-order valence-electron chi connectivity index (χ1n) is 11.3. The molecule has 0 aliphatic carbocycles. The van der Waals surface area contributed by atoms with Crippen LogP contribution in [-0.4, -0.2) is 34.5 Å². The lowest BCUT2D eigenvalue weighted by Crippen LogP contribution is -2.23. The summed E-state index contributed by atoms with van der Waals surface area (Å²) in [5.74, 6) is 0.448. The Hall–Kier alpha value is -3.52. The van der Waals surface area contributed by atoms with Crippen molar-refractivity contribution in [1.29, 1.82) is 0 Å². The number of nitrogens with zero attached hydrogens (tertiary/aromatic N) is 1. The average Bonchev–Trinajstić information content (AvgIpc) is 3.35. The summed E-state index contributed by atoms with van der Waals surface area (Å²) in [4.78, 5) is 15.2. The first-order valence-corrected chi connectivity index (χ1v) is 12.7. The quantitative estimate of drug-likeness (QED) is 0.494. The fraction of sp³-hybridized carbons (Fsp3) is 0.269. The Balaban J connectivity index is 1.60. The van der Waals surface area contributed by atoms with Gasteiger partial charge < -0.3 is 15.0 Å². The third-order valence-corrected chi connectivity index (χ3v) is 7.33. The lowest BCUT2D eigenvalue weighted by molar-refractivity contribution is -0.115. The molecule has 0 saturated carbocycles. The zero-order valence-corrected chi connectivity index (χ0v) is 20.2. The predicted molar refractivity (Wildman–Crippen MR) is 135 cm³/mol. The summed E-state index contributed by atoms with van der Waals surface area (Å²) in [6.45, 7) is 3.71. The van der Waals surface area contributed by atoms with E-state index >= 15 is 0 Å². The largest absolute Gasteiger partial charge is 0.497 e. The second kappa shape index (κ2) is 10.2. The van der Waals surface area contributed by atoms with Crippen LogP contribution in [-0.2, 0) is 21.2 Å². The molecule has 4 rings (SSSR count). The SMILES string of the molecule is COc1ccc(NS(=O)(=O)c2ccc(N3CCCC3)c(NC(=O)Cc3ccccc3C)c2)cc1. The fourth-order valence-corrected chi connectivity index (χ4v) is 5.15. The Kier molecular flexibility index (Phi) is 7.07. The highest BCUT2D eigenvalue weighted by atomic mass is 32.2. The predicted octanol–water partition coefficient (Wildman–Crippen LogP) is 4.59. The van der Waals surface area contributed by atoms with Crippen molar-refractivity contribution in [1.82, 2.24) is 0 Å². The molecule has 1 saturated heterocycles. The van der Waals surface area contributed by atoms with Crippen LogP contribution >= 0.6 is 0 Å². The number of carbonyl (C=O) groups is 1. The molecule has 178 valence electrons. The summed E-state index contributed by atoms with van der Waals surface area (Å²) in [7, 11) is -2.31. The summed E-state index contributed by atoms with van der Waals surface area (Å²) < 4.78 is 33.9. The number of rotatable bonds is 8. The van der Waals surface area contributed by atoms with Gasteiger partial charge in [-0.2, -0.15) is 0 Å². The number of anilines is 3. The van der Waals surface area contributed by atoms with Gasteiger partial charge in [-0.1, -0.05) is 24.3 Å². The van der Waals surface area contributed by atoms with E-state index in [0.717, 1.165) is 42.7 Å². The molecule has 3 aromatic carbocycles. The number of aryl methyl sites for hydroxylation is 1. The van der Waals surface area contributed by atoms with Gasteiger partial charge >= 0.3 is 0 Å². The monoisotopic (exact) mass is 479 g/mol. The second-order valence-corrected chi connectivity index (χ2v) is 10.0. The molecule has 1 fully saturated rings. The summed E-state index contributed by atoms with van der Waals surface area (Å²) >= 11 is 0. The molecule has 1 heterocycles. The molecule has 2 N–H and O–H groups in total. The van der Waals surface area contributed by atoms with Gasteiger partial charge in [-0.3, -0.25) is 9.52 Å². The van der Waals surface area contributed by atoms with Crippen LogP contribution < -0.4 is 19.7 Å². The van der Waals surface area contributed by atoms with Crippen LogP contribution in [0.5, 0.6) is 5.75 Å². The Morgan fingerprint density at radius 1 is 1.00 bits per heavy atom. The number of methoxy groups -OCH3 is 1. The molecular formula is C26H29N3O4S. The minimum absolute atomic E-state index is 0.0810. The van der Waals surface area contributed by atoms with Crippen LogP contribution in [0.25, 0.3) is 0 Å². The van der Waals surface area contributed by atoms with E-state index in [2.05, 4.69) is 14.9 Å². The molecule has 1 aliphatic heterocycles. The van der Waals surface area contributed by atoms with Gasteiger partial charge in [0.1, 0.15) is 5.75 Å². The lowest BCUT2D eigenvalue weighted by Gasteiger charge is -2.22. The third-order valence-electron chi connectivity index (χ3n) is 5.95. The van der Waals surface area contributed by atoms with Crippen LogP contribution in [0.2, 0.25) is 0 Å². The Morgan fingerprint density at radius 2 is 1.71 bits per heavy atom. The van der Waals surface area contributed by atoms with Crippen LogP contribution in [0.4, 0.5) is 17.1 Å². The van der Waals surface area contributed by atoms with E-state index in [-0.39, 0.29) is 17.2 Å². The number of amides is 1. The standard InChI is InChI=1S/C26H29N3O4S/c1-19-7-3-4-8-20(19)17-26(30)27-24-18-23(13-14-25(24)29-15-5-6-16-29)34(31,32)28-21-9-11-22(33-2)12-10-21/h3-4,7-14,18,28H,5-6,15-17H2,1-2H3,(H,27,30). The molecular weight excluding hydrogens is 450 g/mol. The smallest absolute Gasteiger partial charge is 0.261 e. The maximum atomic E-state index is 13.1. The van der Waals surface area contributed by atoms with Crippen LogP contribution in [0.3, 0.4) is 0 Å². The first-order chi connectivity index (χ1) is 16.4. The number of sulfonamides is 1. The second-order valence-electron chi connectivity index (χ2n) is 8.36. The highest BCUT2D eigenvalue weighted by Gasteiger charge is 2.22. The molecule has 0 radical (unpaired) electrons. The molecule has 0 spiro atoms. The van der Waals surface area contributed by atoms with Crippen molar-refractivity contribution in [2.45, 2.75) is 31.1 Å². The average molecular weight is 480 g/mol. The Bertz CT molecular complexity index is 1270. The van der Waals surface area contributed by atoms with Gasteiger partial charge in [0.15, 0.2) is 0 Å². The number of benzene rings is 3. The minimum atomic E-state index is -3.86. The maximum Gasteiger partial charge on any atom is 0.261 e. The van der Waals surface area contributed by atoms with Crippen LogP contribution in [0.1, 0.15) is 24.0 Å². The summed E-state index contributed by atoms with van der Waals surface area (Å²) in [5, 5.41) is 2.97. The lowest BCUT2D eigenvalue weighted by atomic mass is 10.1. The molecule has 3 aromatic rings. The molecule has 34 heavy (non-hydrogen) atoms. The molecule has 0 atom stereocenters. The summed E-state index contributed by atoms with van der Waals surface area (Å²) in [5.41, 5.74) is 3.73. The van der Waals surface area contributed by atoms with E-state index in [1.807, 2.05) is 31.2 Å². The Morgan fingerprint density at radius 3 is 2.38 bits per heavy atom. The third kappa shape index (κ3) is 5.51. The van der Waals surface area contributed by atoms with Gasteiger partial charge in [0.25, 0.3) is 10.0 Å². The van der Waals surface area contributed by atoms with Gasteiger partial charge in [0.05, 0.1) is 29.8 Å². The molecule has 0 unspecified atom stereocenters. The van der Waals surface area contributed by atoms with Crippen LogP contribution in [0, 0.1) is 6.92 Å². The van der Waals surface area contributed by atoms with E-state index in [9.17, 15) is 13.2 Å².